The molecule has 1 aliphatic carbocycles. The van der Waals surface area contributed by atoms with Crippen LogP contribution < -0.4 is 10.6 Å². The lowest BCUT2D eigenvalue weighted by atomic mass is 9.98. The van der Waals surface area contributed by atoms with Gasteiger partial charge in [-0.2, -0.15) is 0 Å². The molecule has 1 unspecified atom stereocenters. The van der Waals surface area contributed by atoms with E-state index in [4.69, 9.17) is 4.74 Å². The number of amides is 2. The number of nitrogens with one attached hydrogen (secondary N) is 2. The third-order valence-corrected chi connectivity index (χ3v) is 5.30. The average Bonchev–Trinajstić information content (AvgIpc) is 3.03. The summed E-state index contributed by atoms with van der Waals surface area (Å²) in [6.45, 7) is 5.01. The maximum Gasteiger partial charge on any atom is 0.407 e. The Bertz CT molecular complexity index is 911. The monoisotopic (exact) mass is 410 g/mol. The molecule has 0 heterocycles. The highest BCUT2D eigenvalue weighted by Gasteiger charge is 2.30. The van der Waals surface area contributed by atoms with Gasteiger partial charge in [-0.3, -0.25) is 4.79 Å². The van der Waals surface area contributed by atoms with Gasteiger partial charge >= 0.3 is 12.1 Å². The Morgan fingerprint density at radius 3 is 1.97 bits per heavy atom. The van der Waals surface area contributed by atoms with E-state index in [9.17, 15) is 19.5 Å². The Morgan fingerprint density at radius 2 is 1.47 bits per heavy atom. The van der Waals surface area contributed by atoms with Crippen LogP contribution in [0.5, 0.6) is 0 Å². The van der Waals surface area contributed by atoms with E-state index in [1.807, 2.05) is 48.5 Å². The third-order valence-electron chi connectivity index (χ3n) is 5.30. The Balaban J connectivity index is 1.60. The fourth-order valence-corrected chi connectivity index (χ4v) is 3.67. The maximum absolute atomic E-state index is 12.3. The molecule has 2 atom stereocenters. The lowest BCUT2D eigenvalue weighted by Crippen LogP contribution is -2.52. The summed E-state index contributed by atoms with van der Waals surface area (Å²) in [5.41, 5.74) is 4.45. The molecule has 2 amide bonds. The molecule has 3 rings (SSSR count). The van der Waals surface area contributed by atoms with Crippen LogP contribution >= 0.6 is 0 Å². The first-order valence-electron chi connectivity index (χ1n) is 9.94. The number of carbonyl (C=O) groups excluding carboxylic acids is 2. The summed E-state index contributed by atoms with van der Waals surface area (Å²) in [4.78, 5) is 35.7. The molecule has 0 saturated carbocycles. The number of benzene rings is 2. The second kappa shape index (κ2) is 8.98. The number of carbonyl (C=O) groups is 3. The van der Waals surface area contributed by atoms with Gasteiger partial charge < -0.3 is 20.5 Å². The molecule has 0 radical (unpaired) electrons. The zero-order chi connectivity index (χ0) is 21.8. The molecule has 3 N–H and O–H groups in total. The number of fused-ring (bicyclic) bond motifs is 3. The molecular formula is C23H26N2O5. The largest absolute Gasteiger partial charge is 0.480 e. The number of rotatable bonds is 7. The number of carboxylic acid groups (broad SMARTS) is 1. The van der Waals surface area contributed by atoms with Crippen LogP contribution in [0.15, 0.2) is 48.5 Å². The lowest BCUT2D eigenvalue weighted by Gasteiger charge is -2.21. The number of hydrogen-bond donors (Lipinski definition) is 3. The molecule has 158 valence electrons. The molecule has 0 aromatic heterocycles. The highest BCUT2D eigenvalue weighted by Crippen LogP contribution is 2.44. The van der Waals surface area contributed by atoms with Crippen molar-refractivity contribution in [3.8, 4) is 11.1 Å². The maximum atomic E-state index is 12.3. The molecule has 0 fully saturated rings. The van der Waals surface area contributed by atoms with Crippen molar-refractivity contribution in [2.75, 3.05) is 6.61 Å². The van der Waals surface area contributed by atoms with E-state index in [1.165, 1.54) is 6.92 Å². The van der Waals surface area contributed by atoms with E-state index >= 15 is 0 Å². The van der Waals surface area contributed by atoms with Crippen LogP contribution in [0.3, 0.4) is 0 Å². The van der Waals surface area contributed by atoms with Crippen molar-refractivity contribution in [1.82, 2.24) is 10.6 Å². The van der Waals surface area contributed by atoms with E-state index in [1.54, 1.807) is 13.8 Å². The molecule has 2 aromatic rings. The first-order chi connectivity index (χ1) is 14.3. The molecule has 2 aromatic carbocycles. The molecule has 0 spiro atoms. The zero-order valence-corrected chi connectivity index (χ0v) is 17.2. The van der Waals surface area contributed by atoms with Crippen LogP contribution in [0.25, 0.3) is 11.1 Å². The van der Waals surface area contributed by atoms with Crippen molar-refractivity contribution in [3.63, 3.8) is 0 Å². The summed E-state index contributed by atoms with van der Waals surface area (Å²) >= 11 is 0. The fraction of sp³-hybridized carbons (Fsp3) is 0.348. The van der Waals surface area contributed by atoms with Gasteiger partial charge in [0.2, 0.25) is 5.91 Å². The second-order valence-electron chi connectivity index (χ2n) is 7.76. The van der Waals surface area contributed by atoms with Gasteiger partial charge in [-0.15, -0.1) is 0 Å². The van der Waals surface area contributed by atoms with E-state index in [-0.39, 0.29) is 18.4 Å². The highest BCUT2D eigenvalue weighted by atomic mass is 16.5. The standard InChI is InChI=1S/C23H26N2O5/c1-13(2)20(22(27)28)25-21(26)14(3)24-23(29)30-12-19-17-10-6-4-8-15(17)16-9-5-7-11-18(16)19/h4-11,13-14,19-20H,12H2,1-3H3,(H,24,29)(H,25,26)(H,27,28)/t14-,20?/m0/s1. The smallest absolute Gasteiger partial charge is 0.407 e. The van der Waals surface area contributed by atoms with Gasteiger partial charge in [-0.05, 0) is 35.1 Å². The van der Waals surface area contributed by atoms with Crippen LogP contribution in [0.2, 0.25) is 0 Å². The molecule has 0 aliphatic heterocycles. The van der Waals surface area contributed by atoms with Crippen LogP contribution in [0.1, 0.15) is 37.8 Å². The van der Waals surface area contributed by atoms with Crippen LogP contribution in [-0.4, -0.2) is 41.8 Å². The van der Waals surface area contributed by atoms with Crippen LogP contribution in [0, 0.1) is 5.92 Å². The number of aliphatic carboxylic acids is 1. The van der Waals surface area contributed by atoms with Crippen molar-refractivity contribution in [2.45, 2.75) is 38.8 Å². The summed E-state index contributed by atoms with van der Waals surface area (Å²) in [5.74, 6) is -2.06. The van der Waals surface area contributed by atoms with Gasteiger partial charge in [0.15, 0.2) is 0 Å². The summed E-state index contributed by atoms with van der Waals surface area (Å²) in [5, 5.41) is 14.1. The molecule has 0 saturated heterocycles. The summed E-state index contributed by atoms with van der Waals surface area (Å²) in [6.07, 6.45) is -0.726. The number of alkyl carbamates (subject to hydrolysis) is 1. The van der Waals surface area contributed by atoms with Crippen molar-refractivity contribution in [1.29, 1.82) is 0 Å². The fourth-order valence-electron chi connectivity index (χ4n) is 3.67. The first-order valence-corrected chi connectivity index (χ1v) is 9.94. The predicted octanol–water partition coefficient (Wildman–Crippen LogP) is 3.14. The van der Waals surface area contributed by atoms with Crippen LogP contribution in [0.4, 0.5) is 4.79 Å². The van der Waals surface area contributed by atoms with Gasteiger partial charge in [-0.1, -0.05) is 62.4 Å². The highest BCUT2D eigenvalue weighted by molar-refractivity contribution is 5.89. The molecule has 0 bridgehead atoms. The SMILES string of the molecule is CC(C)C(NC(=O)[C@H](C)NC(=O)OCC1c2ccccc2-c2ccccc21)C(=O)O. The normalized spacial score (nSPS) is 14.4. The zero-order valence-electron chi connectivity index (χ0n) is 17.2. The predicted molar refractivity (Wildman–Crippen MR) is 112 cm³/mol. The second-order valence-corrected chi connectivity index (χ2v) is 7.76. The van der Waals surface area contributed by atoms with Crippen molar-refractivity contribution in [3.05, 3.63) is 59.7 Å². The Hall–Kier alpha value is -3.35. The minimum Gasteiger partial charge on any atom is -0.480 e. The number of carboxylic acids is 1. The number of hydrogen-bond acceptors (Lipinski definition) is 4. The third kappa shape index (κ3) is 4.45. The van der Waals surface area contributed by atoms with E-state index < -0.39 is 30.1 Å². The Kier molecular flexibility index (Phi) is 6.40. The number of ether oxygens (including phenoxy) is 1. The van der Waals surface area contributed by atoms with Gasteiger partial charge in [0, 0.05) is 5.92 Å². The lowest BCUT2D eigenvalue weighted by molar-refractivity contribution is -0.143. The van der Waals surface area contributed by atoms with E-state index in [0.717, 1.165) is 22.3 Å². The first kappa shape index (κ1) is 21.4. The summed E-state index contributed by atoms with van der Waals surface area (Å²) in [6, 6.07) is 14.1. The molecule has 7 nitrogen and oxygen atoms in total. The summed E-state index contributed by atoms with van der Waals surface area (Å²) in [7, 11) is 0. The van der Waals surface area contributed by atoms with Crippen molar-refractivity contribution >= 4 is 18.0 Å². The van der Waals surface area contributed by atoms with E-state index in [0.29, 0.717) is 0 Å². The van der Waals surface area contributed by atoms with Crippen LogP contribution in [-0.2, 0) is 14.3 Å². The Morgan fingerprint density at radius 1 is 0.933 bits per heavy atom. The summed E-state index contributed by atoms with van der Waals surface area (Å²) < 4.78 is 5.41. The molecule has 30 heavy (non-hydrogen) atoms. The molecule has 7 heteroatoms. The minimum absolute atomic E-state index is 0.0791. The van der Waals surface area contributed by atoms with Crippen molar-refractivity contribution in [2.24, 2.45) is 5.92 Å². The van der Waals surface area contributed by atoms with Gasteiger partial charge in [0.25, 0.3) is 0 Å². The minimum atomic E-state index is -1.12. The van der Waals surface area contributed by atoms with E-state index in [2.05, 4.69) is 10.6 Å². The quantitative estimate of drug-likeness (QED) is 0.650. The van der Waals surface area contributed by atoms with Gasteiger partial charge in [-0.25, -0.2) is 9.59 Å². The van der Waals surface area contributed by atoms with Gasteiger partial charge in [0.05, 0.1) is 0 Å². The average molecular weight is 410 g/mol. The topological polar surface area (TPSA) is 105 Å². The molecular weight excluding hydrogens is 384 g/mol. The Labute approximate surface area is 175 Å². The van der Waals surface area contributed by atoms with Crippen molar-refractivity contribution < 1.29 is 24.2 Å². The molecule has 1 aliphatic rings. The van der Waals surface area contributed by atoms with Gasteiger partial charge in [0.1, 0.15) is 18.7 Å².